The normalized spacial score (nSPS) is 15.2. The molecule has 1 fully saturated rings. The van der Waals surface area contributed by atoms with Crippen LogP contribution in [0.15, 0.2) is 64.9 Å². The number of ketones is 4. The molecule has 2 aromatic carbocycles. The maximum atomic E-state index is 15.1. The van der Waals surface area contributed by atoms with Crippen molar-refractivity contribution in [1.29, 1.82) is 5.41 Å². The molecular weight excluding hydrogens is 1860 g/mol. The number of hydrogen-bond donors (Lipinski definition) is 18. The molecule has 1 unspecified atom stereocenters. The molecule has 13 atom stereocenters. The number of aromatic nitrogens is 5. The molecular formula is C90H124N18O27S3. The smallest absolute Gasteiger partial charge is 0.326 e. The molecule has 5 aromatic rings. The number of aliphatic carboxylic acids is 5. The van der Waals surface area contributed by atoms with Crippen molar-refractivity contribution in [1.82, 2.24) is 72.2 Å². The van der Waals surface area contributed by atoms with E-state index in [-0.39, 0.29) is 145 Å². The molecule has 0 spiro atoms. The summed E-state index contributed by atoms with van der Waals surface area (Å²) < 4.78 is 11.6. The molecule has 4 heterocycles. The van der Waals surface area contributed by atoms with E-state index in [1.807, 2.05) is 46.6 Å². The Hall–Kier alpha value is -13.1. The number of hydrazine groups is 1. The number of carboxylic acids is 5. The van der Waals surface area contributed by atoms with Gasteiger partial charge in [0.1, 0.15) is 28.3 Å². The lowest BCUT2D eigenvalue weighted by molar-refractivity contribution is -0.162. The second-order valence-electron chi connectivity index (χ2n) is 34.2. The van der Waals surface area contributed by atoms with E-state index in [1.54, 1.807) is 19.1 Å². The number of carbonyl (C=O) groups is 18. The number of phenols is 1. The van der Waals surface area contributed by atoms with E-state index in [1.165, 1.54) is 59.8 Å². The van der Waals surface area contributed by atoms with Crippen LogP contribution in [0.5, 0.6) is 5.75 Å². The van der Waals surface area contributed by atoms with Crippen molar-refractivity contribution in [3.63, 3.8) is 0 Å². The van der Waals surface area contributed by atoms with Gasteiger partial charge in [0.05, 0.1) is 73.6 Å². The number of esters is 2. The SMILES string of the molecule is CCCC(=O)OCN(C(=O)[C@@H](CC(=O)[C@H]1CCCCN1C)C(C)CC)[C@H](C[C@@H](OC(C)=O)c1nc(C(=O)N[C@@H](Cc2ccc(O)cc2)C[C@H](C)C(=O)NNC(=O)CCCSSC[C@@H](CC(=O)[C@@H](CC(=O)O)NC(=O)[C@H](CC(=O)O)CC(=O)[C@H](CCCNC(=N)N)NC(=O)[C@H](CC(=O)O)CC(=O)CC[C@H](NC(=O)c2ccc(NCc3cnc4nc(N)[nH]c(=O)c4n3)cc2)C(=O)O)C(=O)O)cs1)C(C)C. The summed E-state index contributed by atoms with van der Waals surface area (Å²) in [5.74, 6) is -26.6. The molecule has 138 heavy (non-hydrogen) atoms. The summed E-state index contributed by atoms with van der Waals surface area (Å²) in [5, 5.41) is 84.5. The molecule has 0 radical (unpaired) electrons. The number of nitrogens with two attached hydrogens (primary N) is 2. The maximum absolute atomic E-state index is 15.1. The summed E-state index contributed by atoms with van der Waals surface area (Å²) >= 11 is 1.01. The third kappa shape index (κ3) is 38.8. The molecule has 20 N–H and O–H groups in total. The van der Waals surface area contributed by atoms with Crippen molar-refractivity contribution in [3.8, 4) is 5.75 Å². The zero-order chi connectivity index (χ0) is 102. The fourth-order valence-corrected chi connectivity index (χ4v) is 18.4. The minimum absolute atomic E-state index is 0.0115. The van der Waals surface area contributed by atoms with E-state index >= 15 is 4.79 Å². The number of rotatable bonds is 62. The largest absolute Gasteiger partial charge is 0.508 e. The number of benzene rings is 2. The first kappa shape index (κ1) is 114. The van der Waals surface area contributed by atoms with Crippen LogP contribution >= 0.6 is 32.9 Å². The maximum Gasteiger partial charge on any atom is 0.326 e. The fraction of sp³-hybridized carbons (Fsp3) is 0.556. The van der Waals surface area contributed by atoms with Gasteiger partial charge in [0.2, 0.25) is 35.5 Å². The van der Waals surface area contributed by atoms with Crippen LogP contribution in [-0.4, -0.2) is 252 Å². The van der Waals surface area contributed by atoms with Gasteiger partial charge in [-0.1, -0.05) is 88.1 Å². The number of thiazole rings is 1. The Morgan fingerprint density at radius 1 is 0.696 bits per heavy atom. The van der Waals surface area contributed by atoms with Crippen molar-refractivity contribution >= 4 is 168 Å². The lowest BCUT2D eigenvalue weighted by Gasteiger charge is -2.39. The highest BCUT2D eigenvalue weighted by Crippen LogP contribution is 2.35. The van der Waals surface area contributed by atoms with E-state index in [2.05, 4.69) is 67.7 Å². The number of likely N-dealkylation sites (N-methyl/N-ethyl adjacent to an activating group) is 1. The van der Waals surface area contributed by atoms with Crippen LogP contribution in [0.4, 0.5) is 11.6 Å². The standard InChI is InChI=1S/C90H124N18O27S3/c1-9-15-76(122)134-46-108(86(129)61(48(5)10-2)39-70(114)66-17-11-12-30-107(66)8)67(47(3)4)41-71(135-50(7)109)85-102-65(45-136-85)83(127)98-57(33-51-19-25-59(110)26-20-51)32-49(6)79(123)106-105-72(115)18-14-31-137-138-44-55(87(130)131)36-69(113)64(40-75(120)121)101-82(126)54(38-74(118)119)35-68(112)62(16-13-29-94-89(91)92)99-81(125)53(37-73(116)117)34-60(111)27-28-63(88(132)133)100-80(124)52-21-23-56(24-22-52)95-42-58-43-96-78-77(97-58)84(128)104-90(93)103-78/h19-26,43,45,47-49,53-55,57,61-64,66-67,71,95,110H,9-18,27-42,44,46H2,1-8H3,(H,98,127)(H,99,125)(H,100,124)(H,101,126)(H,105,115)(H,106,123)(H,116,117)(H,118,119)(H,120,121)(H,130,131)(H,132,133)(H4,91,92,94)(H3,93,96,103,104,128)/t48?,49-,53-,54-,55+,57+,61-,62-,63-,64+,66+,67+,71+/m0/s1. The summed E-state index contributed by atoms with van der Waals surface area (Å²) in [6.45, 7) is 12.3. The first-order valence-electron chi connectivity index (χ1n) is 45.1. The lowest BCUT2D eigenvalue weighted by atomic mass is 9.82. The summed E-state index contributed by atoms with van der Waals surface area (Å²) in [6, 6.07) is 4.46. The summed E-state index contributed by atoms with van der Waals surface area (Å²) in [7, 11) is 3.94. The minimum atomic E-state index is -2.01. The van der Waals surface area contributed by atoms with Gasteiger partial charge in [-0.15, -0.1) is 11.3 Å². The van der Waals surface area contributed by atoms with Crippen molar-refractivity contribution in [2.24, 2.45) is 47.2 Å². The summed E-state index contributed by atoms with van der Waals surface area (Å²) in [4.78, 5) is 276. The second kappa shape index (κ2) is 57.2. The number of anilines is 2. The molecule has 3 aromatic heterocycles. The summed E-state index contributed by atoms with van der Waals surface area (Å²) in [6.07, 6.45) is -3.94. The average molecular weight is 1990 g/mol. The number of nitrogen functional groups attached to an aromatic ring is 1. The van der Waals surface area contributed by atoms with Crippen LogP contribution in [0.3, 0.4) is 0 Å². The number of phenolic OH excluding ortho intramolecular Hbond substituents is 1. The number of aromatic hydroxyl groups is 1. The molecule has 1 aliphatic rings. The van der Waals surface area contributed by atoms with Crippen LogP contribution in [-0.2, 0) is 99.2 Å². The van der Waals surface area contributed by atoms with Gasteiger partial charge in [-0.25, -0.2) is 19.7 Å². The number of amides is 7. The van der Waals surface area contributed by atoms with E-state index in [0.29, 0.717) is 36.2 Å². The van der Waals surface area contributed by atoms with Gasteiger partial charge < -0.3 is 88.4 Å². The number of carbonyl (C=O) groups excluding carboxylic acids is 13. The van der Waals surface area contributed by atoms with Gasteiger partial charge in [0.15, 0.2) is 47.3 Å². The van der Waals surface area contributed by atoms with E-state index in [4.69, 9.17) is 26.4 Å². The predicted molar refractivity (Wildman–Crippen MR) is 504 cm³/mol. The quantitative estimate of drug-likeness (QED) is 0.00456. The predicted octanol–water partition coefficient (Wildman–Crippen LogP) is 5.13. The fourth-order valence-electron chi connectivity index (χ4n) is 15.2. The molecule has 7 amide bonds. The highest BCUT2D eigenvalue weighted by molar-refractivity contribution is 8.76. The van der Waals surface area contributed by atoms with Crippen molar-refractivity contribution in [2.45, 2.75) is 239 Å². The Labute approximate surface area is 806 Å². The average Bonchev–Trinajstić information content (AvgIpc) is 1.18. The molecule has 6 rings (SSSR count). The van der Waals surface area contributed by atoms with Crippen molar-refractivity contribution < 1.29 is 126 Å². The minimum Gasteiger partial charge on any atom is -0.508 e. The van der Waals surface area contributed by atoms with Crippen LogP contribution < -0.4 is 59.8 Å². The van der Waals surface area contributed by atoms with Gasteiger partial charge in [-0.2, -0.15) is 4.98 Å². The highest BCUT2D eigenvalue weighted by Gasteiger charge is 2.42. The van der Waals surface area contributed by atoms with Crippen LogP contribution in [0.25, 0.3) is 11.2 Å². The molecule has 754 valence electrons. The number of nitrogens with one attached hydrogen (secondary N) is 10. The van der Waals surface area contributed by atoms with Gasteiger partial charge in [-0.3, -0.25) is 112 Å². The first-order chi connectivity index (χ1) is 65.3. The van der Waals surface area contributed by atoms with Gasteiger partial charge in [0, 0.05) is 117 Å². The van der Waals surface area contributed by atoms with E-state index in [0.717, 1.165) is 52.3 Å². The number of Topliss-reactive ketones (excluding diaryl/α,β-unsaturated/α-hetero) is 4. The number of hydrogen-bond acceptors (Lipinski definition) is 33. The van der Waals surface area contributed by atoms with Crippen LogP contribution in [0, 0.1) is 46.8 Å². The van der Waals surface area contributed by atoms with Crippen LogP contribution in [0.1, 0.15) is 227 Å². The molecule has 0 aliphatic carbocycles. The number of aromatic amines is 1. The number of guanidine groups is 1. The molecule has 0 bridgehead atoms. The molecule has 45 nitrogen and oxygen atoms in total. The first-order valence-corrected chi connectivity index (χ1v) is 48.5. The Morgan fingerprint density at radius 3 is 1.96 bits per heavy atom. The Morgan fingerprint density at radius 2 is 1.35 bits per heavy atom. The van der Waals surface area contributed by atoms with E-state index in [9.17, 15) is 117 Å². The molecule has 1 saturated heterocycles. The van der Waals surface area contributed by atoms with Gasteiger partial charge in [-0.05, 0) is 125 Å². The zero-order valence-corrected chi connectivity index (χ0v) is 80.4. The number of H-pyrrole nitrogens is 1. The molecule has 48 heteroatoms. The number of ether oxygens (including phenoxy) is 2. The van der Waals surface area contributed by atoms with Crippen molar-refractivity contribution in [3.05, 3.63) is 98.0 Å². The van der Waals surface area contributed by atoms with E-state index < -0.39 is 236 Å². The van der Waals surface area contributed by atoms with Gasteiger partial charge in [0.25, 0.3) is 17.4 Å². The second-order valence-corrected chi connectivity index (χ2v) is 37.7. The Kier molecular flexibility index (Phi) is 47.1. The topological polar surface area (TPSA) is 710 Å². The Bertz CT molecular complexity index is 5180. The number of likely N-dealkylation sites (tertiary alicyclic amines) is 1. The molecule has 1 aliphatic heterocycles. The monoisotopic (exact) mass is 1980 g/mol. The number of nitrogens with zero attached hydrogens (tertiary/aromatic N) is 6. The number of piperidine rings is 1. The zero-order valence-electron chi connectivity index (χ0n) is 78.0. The number of carboxylic acid groups (broad SMARTS) is 5. The van der Waals surface area contributed by atoms with Gasteiger partial charge >= 0.3 is 41.8 Å². The third-order valence-corrected chi connectivity index (χ3v) is 26.4. The Balaban J connectivity index is 1.02. The number of fused-ring (bicyclic) bond motifs is 1. The van der Waals surface area contributed by atoms with Crippen molar-refractivity contribution in [2.75, 3.05) is 49.4 Å². The van der Waals surface area contributed by atoms with Crippen LogP contribution in [0.2, 0.25) is 0 Å². The summed E-state index contributed by atoms with van der Waals surface area (Å²) in [5.41, 5.74) is 16.4. The molecule has 0 saturated carbocycles. The third-order valence-electron chi connectivity index (χ3n) is 22.9. The lowest BCUT2D eigenvalue weighted by Crippen LogP contribution is -2.50. The highest BCUT2D eigenvalue weighted by atomic mass is 33.1.